The minimum atomic E-state index is -3.66. The van der Waals surface area contributed by atoms with Crippen LogP contribution in [0.3, 0.4) is 0 Å². The molecule has 170 valence electrons. The molecule has 2 aromatic heterocycles. The van der Waals surface area contributed by atoms with E-state index in [1.54, 1.807) is 18.6 Å². The number of carbonyl (C=O) groups is 1. The van der Waals surface area contributed by atoms with Gasteiger partial charge in [0.2, 0.25) is 10.0 Å². The van der Waals surface area contributed by atoms with Gasteiger partial charge in [0.15, 0.2) is 0 Å². The van der Waals surface area contributed by atoms with E-state index in [0.29, 0.717) is 10.9 Å². The third-order valence-electron chi connectivity index (χ3n) is 6.40. The summed E-state index contributed by atoms with van der Waals surface area (Å²) >= 11 is 6.98. The summed E-state index contributed by atoms with van der Waals surface area (Å²) in [5.41, 5.74) is -0.356. The van der Waals surface area contributed by atoms with E-state index in [1.807, 2.05) is 10.8 Å². The summed E-state index contributed by atoms with van der Waals surface area (Å²) < 4.78 is 36.9. The molecule has 2 aliphatic rings. The highest BCUT2D eigenvalue weighted by Crippen LogP contribution is 2.52. The molecule has 2 bridgehead atoms. The number of hydrogen-bond donors (Lipinski definition) is 2. The highest BCUT2D eigenvalue weighted by Gasteiger charge is 2.53. The number of nitrogens with one attached hydrogen (secondary N) is 2. The first-order chi connectivity index (χ1) is 14.9. The van der Waals surface area contributed by atoms with Crippen LogP contribution in [0.5, 0.6) is 0 Å². The molecule has 2 aliphatic carbocycles. The second kappa shape index (κ2) is 9.48. The summed E-state index contributed by atoms with van der Waals surface area (Å²) in [6.07, 6.45) is 10.3. The van der Waals surface area contributed by atoms with E-state index in [1.165, 1.54) is 6.07 Å². The van der Waals surface area contributed by atoms with Gasteiger partial charge in [0, 0.05) is 36.9 Å². The molecule has 0 radical (unpaired) electrons. The number of halogens is 1. The summed E-state index contributed by atoms with van der Waals surface area (Å²) in [4.78, 5) is 16.2. The van der Waals surface area contributed by atoms with Crippen LogP contribution < -0.4 is 10.0 Å². The van der Waals surface area contributed by atoms with Crippen molar-refractivity contribution >= 4 is 39.1 Å². The Kier molecular flexibility index (Phi) is 6.90. The van der Waals surface area contributed by atoms with E-state index in [9.17, 15) is 13.2 Å². The lowest BCUT2D eigenvalue weighted by Crippen LogP contribution is -2.52. The van der Waals surface area contributed by atoms with E-state index >= 15 is 0 Å². The number of rotatable bonds is 9. The van der Waals surface area contributed by atoms with Gasteiger partial charge in [-0.2, -0.15) is 0 Å². The van der Waals surface area contributed by atoms with Gasteiger partial charge < -0.3 is 14.6 Å². The SMILES string of the molecule is O=C(NCCCn1ccnc1)OCC12CCCC(CC1)C2NS(=O)(=O)c1ccc(Cl)s1. The third kappa shape index (κ3) is 5.24. The maximum Gasteiger partial charge on any atom is 0.407 e. The molecule has 0 saturated heterocycles. The van der Waals surface area contributed by atoms with Crippen molar-refractivity contribution in [3.63, 3.8) is 0 Å². The number of carbonyl (C=O) groups excluding carboxylic acids is 1. The number of aromatic nitrogens is 2. The first kappa shape index (κ1) is 22.6. The summed E-state index contributed by atoms with van der Waals surface area (Å²) in [6, 6.07) is 2.88. The van der Waals surface area contributed by atoms with Gasteiger partial charge in [-0.1, -0.05) is 18.0 Å². The average molecular weight is 487 g/mol. The zero-order chi connectivity index (χ0) is 21.9. The normalized spacial score (nSPS) is 25.5. The molecule has 2 N–H and O–H groups in total. The highest BCUT2D eigenvalue weighted by atomic mass is 35.5. The van der Waals surface area contributed by atoms with Crippen LogP contribution in [0.1, 0.15) is 38.5 Å². The quantitative estimate of drug-likeness (QED) is 0.527. The topological polar surface area (TPSA) is 102 Å². The predicted molar refractivity (Wildman–Crippen MR) is 119 cm³/mol. The number of alkyl carbamates (subject to hydrolysis) is 1. The number of ether oxygens (including phenoxy) is 1. The van der Waals surface area contributed by atoms with E-state index in [0.717, 1.165) is 56.4 Å². The van der Waals surface area contributed by atoms with Gasteiger partial charge in [-0.15, -0.1) is 11.3 Å². The van der Waals surface area contributed by atoms with E-state index in [4.69, 9.17) is 16.3 Å². The fraction of sp³-hybridized carbons (Fsp3) is 0.600. The van der Waals surface area contributed by atoms with Gasteiger partial charge in [0.05, 0.1) is 10.7 Å². The second-order valence-electron chi connectivity index (χ2n) is 8.37. The zero-order valence-corrected chi connectivity index (χ0v) is 19.5. The Morgan fingerprint density at radius 3 is 2.97 bits per heavy atom. The molecule has 31 heavy (non-hydrogen) atoms. The third-order valence-corrected chi connectivity index (χ3v) is 9.57. The van der Waals surface area contributed by atoms with Crippen molar-refractivity contribution in [1.82, 2.24) is 19.6 Å². The summed E-state index contributed by atoms with van der Waals surface area (Å²) in [5.74, 6) is 0.265. The maximum absolute atomic E-state index is 12.9. The maximum atomic E-state index is 12.9. The number of nitrogens with zero attached hydrogens (tertiary/aromatic N) is 2. The number of imidazole rings is 1. The number of fused-ring (bicyclic) bond motifs is 2. The van der Waals surface area contributed by atoms with Gasteiger partial charge in [-0.05, 0) is 50.2 Å². The summed E-state index contributed by atoms with van der Waals surface area (Å²) in [7, 11) is -3.66. The highest BCUT2D eigenvalue weighted by molar-refractivity contribution is 7.91. The Morgan fingerprint density at radius 1 is 1.35 bits per heavy atom. The molecule has 0 spiro atoms. The molecular formula is C20H27ClN4O4S2. The van der Waals surface area contributed by atoms with Gasteiger partial charge in [0.1, 0.15) is 10.8 Å². The molecule has 1 amide bonds. The Labute approximate surface area is 191 Å². The molecule has 2 heterocycles. The van der Waals surface area contributed by atoms with Crippen LogP contribution in [0.4, 0.5) is 4.79 Å². The molecule has 8 nitrogen and oxygen atoms in total. The molecule has 2 aromatic rings. The van der Waals surface area contributed by atoms with Crippen LogP contribution in [0, 0.1) is 11.3 Å². The minimum Gasteiger partial charge on any atom is -0.449 e. The first-order valence-electron chi connectivity index (χ1n) is 10.5. The standard InChI is InChI=1S/C20H27ClN4O4S2/c21-16-4-5-17(30-16)31(27,28)24-18-15-3-1-7-20(18,8-6-15)13-29-19(26)23-9-2-11-25-12-10-22-14-25/h4-5,10,12,14-15,18,24H,1-3,6-9,11,13H2,(H,23,26). The Balaban J connectivity index is 1.32. The van der Waals surface area contributed by atoms with Gasteiger partial charge in [0.25, 0.3) is 0 Å². The summed E-state index contributed by atoms with van der Waals surface area (Å²) in [6.45, 7) is 1.49. The number of sulfonamides is 1. The Hall–Kier alpha value is -1.62. The smallest absolute Gasteiger partial charge is 0.407 e. The second-order valence-corrected chi connectivity index (χ2v) is 12.0. The van der Waals surface area contributed by atoms with Gasteiger partial charge in [-0.3, -0.25) is 0 Å². The lowest BCUT2D eigenvalue weighted by Gasteiger charge is -2.40. The average Bonchev–Trinajstić information content (AvgIpc) is 3.44. The molecule has 0 aliphatic heterocycles. The van der Waals surface area contributed by atoms with Crippen LogP contribution in [0.2, 0.25) is 4.34 Å². The van der Waals surface area contributed by atoms with E-state index < -0.39 is 16.1 Å². The monoisotopic (exact) mass is 486 g/mol. The fourth-order valence-corrected chi connectivity index (χ4v) is 7.76. The number of aryl methyl sites for hydroxylation is 1. The van der Waals surface area contributed by atoms with Crippen molar-refractivity contribution in [2.75, 3.05) is 13.2 Å². The largest absolute Gasteiger partial charge is 0.449 e. The molecule has 4 rings (SSSR count). The minimum absolute atomic E-state index is 0.217. The number of amides is 1. The van der Waals surface area contributed by atoms with Crippen LogP contribution in [0.15, 0.2) is 35.1 Å². The molecule has 3 atom stereocenters. The van der Waals surface area contributed by atoms with Crippen LogP contribution >= 0.6 is 22.9 Å². The molecule has 3 unspecified atom stereocenters. The zero-order valence-electron chi connectivity index (χ0n) is 17.1. The Bertz CT molecular complexity index is 991. The van der Waals surface area contributed by atoms with Gasteiger partial charge >= 0.3 is 6.09 Å². The first-order valence-corrected chi connectivity index (χ1v) is 13.2. The van der Waals surface area contributed by atoms with Crippen LogP contribution in [0.25, 0.3) is 0 Å². The van der Waals surface area contributed by atoms with Gasteiger partial charge in [-0.25, -0.2) is 22.9 Å². The van der Waals surface area contributed by atoms with Crippen molar-refractivity contribution in [2.24, 2.45) is 11.3 Å². The molecule has 2 fully saturated rings. The lowest BCUT2D eigenvalue weighted by atomic mass is 9.72. The van der Waals surface area contributed by atoms with Crippen molar-refractivity contribution in [3.8, 4) is 0 Å². The number of thiophene rings is 1. The van der Waals surface area contributed by atoms with Crippen molar-refractivity contribution < 1.29 is 17.9 Å². The van der Waals surface area contributed by atoms with Crippen molar-refractivity contribution in [3.05, 3.63) is 35.2 Å². The number of hydrogen-bond acceptors (Lipinski definition) is 6. The molecule has 11 heteroatoms. The lowest BCUT2D eigenvalue weighted by molar-refractivity contribution is 0.0473. The Morgan fingerprint density at radius 2 is 2.23 bits per heavy atom. The molecule has 2 saturated carbocycles. The fourth-order valence-electron chi connectivity index (χ4n) is 4.86. The predicted octanol–water partition coefficient (Wildman–Crippen LogP) is 3.64. The van der Waals surface area contributed by atoms with Crippen molar-refractivity contribution in [2.45, 2.75) is 55.3 Å². The van der Waals surface area contributed by atoms with Crippen molar-refractivity contribution in [1.29, 1.82) is 0 Å². The molecule has 0 aromatic carbocycles. The molecular weight excluding hydrogens is 460 g/mol. The van der Waals surface area contributed by atoms with Crippen LogP contribution in [-0.2, 0) is 21.3 Å². The van der Waals surface area contributed by atoms with E-state index in [-0.39, 0.29) is 28.2 Å². The summed E-state index contributed by atoms with van der Waals surface area (Å²) in [5, 5.41) is 2.78. The van der Waals surface area contributed by atoms with E-state index in [2.05, 4.69) is 15.0 Å². The van der Waals surface area contributed by atoms with Crippen LogP contribution in [-0.4, -0.2) is 43.3 Å².